The topological polar surface area (TPSA) is 50.7 Å². The Morgan fingerprint density at radius 3 is 2.25 bits per heavy atom. The SMILES string of the molecule is CCNc1nc(-c2ccc(Cl)cc2)nc(C(Cl)(Cl)Cl)n1. The molecule has 20 heavy (non-hydrogen) atoms. The van der Waals surface area contributed by atoms with Gasteiger partial charge >= 0.3 is 0 Å². The predicted octanol–water partition coefficient (Wildman–Crippen LogP) is 4.45. The maximum atomic E-state index is 5.86. The van der Waals surface area contributed by atoms with Crippen LogP contribution >= 0.6 is 46.4 Å². The lowest BCUT2D eigenvalue weighted by molar-refractivity contribution is 0.919. The highest BCUT2D eigenvalue weighted by molar-refractivity contribution is 6.66. The third kappa shape index (κ3) is 3.85. The van der Waals surface area contributed by atoms with E-state index < -0.39 is 3.79 Å². The Bertz CT molecular complexity index is 595. The number of hydrogen-bond donors (Lipinski definition) is 1. The number of alkyl halides is 3. The summed E-state index contributed by atoms with van der Waals surface area (Å²) < 4.78 is -1.71. The molecule has 106 valence electrons. The van der Waals surface area contributed by atoms with Crippen LogP contribution < -0.4 is 5.32 Å². The van der Waals surface area contributed by atoms with E-state index >= 15 is 0 Å². The van der Waals surface area contributed by atoms with Crippen LogP contribution in [-0.2, 0) is 3.79 Å². The summed E-state index contributed by atoms with van der Waals surface area (Å²) in [7, 11) is 0. The minimum Gasteiger partial charge on any atom is -0.354 e. The molecule has 0 aliphatic rings. The zero-order valence-corrected chi connectivity index (χ0v) is 13.4. The van der Waals surface area contributed by atoms with Crippen molar-refractivity contribution in [2.75, 3.05) is 11.9 Å². The van der Waals surface area contributed by atoms with E-state index in [2.05, 4.69) is 20.3 Å². The molecule has 0 saturated carbocycles. The number of benzene rings is 1. The van der Waals surface area contributed by atoms with Gasteiger partial charge in [0.1, 0.15) is 0 Å². The Morgan fingerprint density at radius 1 is 1.05 bits per heavy atom. The average Bonchev–Trinajstić information content (AvgIpc) is 2.38. The van der Waals surface area contributed by atoms with E-state index in [1.54, 1.807) is 24.3 Å². The second-order valence-electron chi connectivity index (χ2n) is 3.84. The molecule has 0 saturated heterocycles. The van der Waals surface area contributed by atoms with Gasteiger partial charge in [-0.2, -0.15) is 9.97 Å². The van der Waals surface area contributed by atoms with Gasteiger partial charge in [0.05, 0.1) is 0 Å². The Labute approximate surface area is 136 Å². The summed E-state index contributed by atoms with van der Waals surface area (Å²) in [6, 6.07) is 7.05. The maximum absolute atomic E-state index is 5.86. The highest BCUT2D eigenvalue weighted by atomic mass is 35.6. The molecule has 1 aromatic heterocycles. The Hall–Kier alpha value is -0.810. The minimum absolute atomic E-state index is 0.0680. The fraction of sp³-hybridized carbons (Fsp3) is 0.250. The van der Waals surface area contributed by atoms with Crippen LogP contribution in [0, 0.1) is 0 Å². The van der Waals surface area contributed by atoms with Crippen LogP contribution in [0.2, 0.25) is 5.02 Å². The molecule has 0 aliphatic heterocycles. The van der Waals surface area contributed by atoms with Crippen molar-refractivity contribution < 1.29 is 0 Å². The van der Waals surface area contributed by atoms with Crippen LogP contribution in [0.5, 0.6) is 0 Å². The number of nitrogens with one attached hydrogen (secondary N) is 1. The smallest absolute Gasteiger partial charge is 0.250 e. The number of anilines is 1. The lowest BCUT2D eigenvalue weighted by Gasteiger charge is -2.12. The van der Waals surface area contributed by atoms with Crippen molar-refractivity contribution in [1.29, 1.82) is 0 Å². The molecule has 4 nitrogen and oxygen atoms in total. The summed E-state index contributed by atoms with van der Waals surface area (Å²) in [5.41, 5.74) is 0.756. The second-order valence-corrected chi connectivity index (χ2v) is 6.56. The largest absolute Gasteiger partial charge is 0.354 e. The molecule has 1 N–H and O–H groups in total. The highest BCUT2D eigenvalue weighted by Gasteiger charge is 2.28. The molecule has 0 spiro atoms. The van der Waals surface area contributed by atoms with Gasteiger partial charge in [0.25, 0.3) is 0 Å². The normalized spacial score (nSPS) is 11.4. The summed E-state index contributed by atoms with van der Waals surface area (Å²) in [4.78, 5) is 12.6. The number of rotatable bonds is 3. The molecule has 1 aromatic carbocycles. The van der Waals surface area contributed by atoms with Crippen molar-refractivity contribution in [1.82, 2.24) is 15.0 Å². The highest BCUT2D eigenvalue weighted by Crippen LogP contribution is 2.36. The van der Waals surface area contributed by atoms with Crippen molar-refractivity contribution in [3.8, 4) is 11.4 Å². The molecule has 8 heteroatoms. The van der Waals surface area contributed by atoms with Gasteiger partial charge < -0.3 is 5.32 Å². The first kappa shape index (κ1) is 15.6. The van der Waals surface area contributed by atoms with Gasteiger partial charge in [-0.15, -0.1) is 0 Å². The van der Waals surface area contributed by atoms with E-state index in [0.29, 0.717) is 23.3 Å². The molecule has 0 unspecified atom stereocenters. The van der Waals surface area contributed by atoms with Crippen LogP contribution in [0.15, 0.2) is 24.3 Å². The van der Waals surface area contributed by atoms with Gasteiger partial charge in [-0.05, 0) is 31.2 Å². The predicted molar refractivity (Wildman–Crippen MR) is 83.7 cm³/mol. The van der Waals surface area contributed by atoms with Crippen LogP contribution in [-0.4, -0.2) is 21.5 Å². The fourth-order valence-corrected chi connectivity index (χ4v) is 1.85. The second kappa shape index (κ2) is 6.31. The summed E-state index contributed by atoms with van der Waals surface area (Å²) >= 11 is 23.4. The Morgan fingerprint density at radius 2 is 1.70 bits per heavy atom. The minimum atomic E-state index is -1.71. The lowest BCUT2D eigenvalue weighted by atomic mass is 10.2. The van der Waals surface area contributed by atoms with E-state index in [4.69, 9.17) is 46.4 Å². The van der Waals surface area contributed by atoms with E-state index in [0.717, 1.165) is 5.56 Å². The van der Waals surface area contributed by atoms with Gasteiger partial charge in [-0.25, -0.2) is 4.98 Å². The number of nitrogens with zero attached hydrogens (tertiary/aromatic N) is 3. The summed E-state index contributed by atoms with van der Waals surface area (Å²) in [5.74, 6) is 0.834. The average molecular weight is 352 g/mol. The van der Waals surface area contributed by atoms with Crippen molar-refractivity contribution in [2.45, 2.75) is 10.7 Å². The van der Waals surface area contributed by atoms with E-state index in [9.17, 15) is 0 Å². The zero-order valence-electron chi connectivity index (χ0n) is 10.4. The fourth-order valence-electron chi connectivity index (χ4n) is 1.47. The summed E-state index contributed by atoms with van der Waals surface area (Å²) in [5, 5.41) is 3.60. The van der Waals surface area contributed by atoms with Gasteiger partial charge in [-0.3, -0.25) is 0 Å². The monoisotopic (exact) mass is 350 g/mol. The van der Waals surface area contributed by atoms with Crippen molar-refractivity contribution >= 4 is 52.4 Å². The van der Waals surface area contributed by atoms with Gasteiger partial charge in [0, 0.05) is 17.1 Å². The van der Waals surface area contributed by atoms with E-state index in [1.165, 1.54) is 0 Å². The van der Waals surface area contributed by atoms with Gasteiger partial charge in [-0.1, -0.05) is 46.4 Å². The summed E-state index contributed by atoms with van der Waals surface area (Å²) in [6.07, 6.45) is 0. The molecule has 0 amide bonds. The molecule has 1 heterocycles. The maximum Gasteiger partial charge on any atom is 0.250 e. The van der Waals surface area contributed by atoms with Crippen LogP contribution in [0.4, 0.5) is 5.95 Å². The third-order valence-corrected chi connectivity index (χ3v) is 3.09. The van der Waals surface area contributed by atoms with E-state index in [1.807, 2.05) is 6.92 Å². The number of hydrogen-bond acceptors (Lipinski definition) is 4. The van der Waals surface area contributed by atoms with Crippen LogP contribution in [0.1, 0.15) is 12.7 Å². The first-order valence-corrected chi connectivity index (χ1v) is 7.24. The molecule has 0 bridgehead atoms. The lowest BCUT2D eigenvalue weighted by Crippen LogP contribution is -2.13. The Kier molecular flexibility index (Phi) is 4.91. The molecule has 0 radical (unpaired) electrons. The number of halogens is 4. The molecule has 2 rings (SSSR count). The molecular weight excluding hydrogens is 342 g/mol. The van der Waals surface area contributed by atoms with Gasteiger partial charge in [0.15, 0.2) is 11.6 Å². The standard InChI is InChI=1S/C12H10Cl4N4/c1-2-17-11-19-9(7-3-5-8(13)6-4-7)18-10(20-11)12(14,15)16/h3-6H,2H2,1H3,(H,17,18,19,20). The Balaban J connectivity index is 2.51. The van der Waals surface area contributed by atoms with Crippen molar-refractivity contribution in [2.24, 2.45) is 0 Å². The third-order valence-electron chi connectivity index (χ3n) is 2.33. The molecule has 0 aliphatic carbocycles. The first-order valence-electron chi connectivity index (χ1n) is 5.73. The molecular formula is C12H10Cl4N4. The van der Waals surface area contributed by atoms with Crippen LogP contribution in [0.3, 0.4) is 0 Å². The van der Waals surface area contributed by atoms with Crippen LogP contribution in [0.25, 0.3) is 11.4 Å². The quantitative estimate of drug-likeness (QED) is 0.830. The first-order chi connectivity index (χ1) is 9.40. The van der Waals surface area contributed by atoms with Gasteiger partial charge in [0.2, 0.25) is 9.74 Å². The zero-order chi connectivity index (χ0) is 14.8. The van der Waals surface area contributed by atoms with Crippen molar-refractivity contribution in [3.63, 3.8) is 0 Å². The number of aromatic nitrogens is 3. The molecule has 0 atom stereocenters. The van der Waals surface area contributed by atoms with E-state index in [-0.39, 0.29) is 5.82 Å². The molecule has 2 aromatic rings. The van der Waals surface area contributed by atoms with Crippen molar-refractivity contribution in [3.05, 3.63) is 35.1 Å². The molecule has 0 fully saturated rings. The summed E-state index contributed by atoms with van der Waals surface area (Å²) in [6.45, 7) is 2.56.